The third-order valence-corrected chi connectivity index (χ3v) is 15.0. The highest BCUT2D eigenvalue weighted by Gasteiger charge is 2.51. The van der Waals surface area contributed by atoms with Crippen LogP contribution in [0.4, 0.5) is 4.39 Å². The van der Waals surface area contributed by atoms with Gasteiger partial charge < -0.3 is 14.1 Å². The molecule has 1 aromatic heterocycles. The van der Waals surface area contributed by atoms with Gasteiger partial charge >= 0.3 is 5.97 Å². The zero-order chi connectivity index (χ0) is 36.6. The van der Waals surface area contributed by atoms with Crippen molar-refractivity contribution >= 4 is 32.7 Å². The van der Waals surface area contributed by atoms with E-state index >= 15 is 0 Å². The number of benzene rings is 4. The number of aromatic nitrogens is 2. The minimum Gasteiger partial charge on any atom is -0.481 e. The molecule has 51 heavy (non-hydrogen) atoms. The van der Waals surface area contributed by atoms with E-state index in [-0.39, 0.29) is 30.9 Å². The highest BCUT2D eigenvalue weighted by Crippen LogP contribution is 2.39. The summed E-state index contributed by atoms with van der Waals surface area (Å²) in [4.78, 5) is 12.1. The van der Waals surface area contributed by atoms with E-state index in [1.54, 1.807) is 12.1 Å². The van der Waals surface area contributed by atoms with Gasteiger partial charge in [0.25, 0.3) is 8.32 Å². The SMILES string of the molecule is CC(C)c1c(C#CCO[PH](=O)C[C@H](CC(=O)O)O[Si](c2ccccc2)(c2ccccc2)C(C)(C)C)c(-c2ccc(F)cc2)nn1-c1ccccc1. The Morgan fingerprint density at radius 2 is 1.45 bits per heavy atom. The van der Waals surface area contributed by atoms with E-state index in [0.717, 1.165) is 21.8 Å². The molecule has 2 atom stereocenters. The van der Waals surface area contributed by atoms with Gasteiger partial charge in [-0.3, -0.25) is 9.36 Å². The zero-order valence-electron chi connectivity index (χ0n) is 29.6. The summed E-state index contributed by atoms with van der Waals surface area (Å²) in [5, 5.41) is 16.4. The van der Waals surface area contributed by atoms with Crippen LogP contribution < -0.4 is 10.4 Å². The van der Waals surface area contributed by atoms with E-state index in [9.17, 15) is 18.9 Å². The first-order chi connectivity index (χ1) is 24.4. The Labute approximate surface area is 301 Å². The molecule has 0 aliphatic rings. The molecule has 7 nitrogen and oxygen atoms in total. The Morgan fingerprint density at radius 3 is 1.96 bits per heavy atom. The molecule has 0 radical (unpaired) electrons. The van der Waals surface area contributed by atoms with Crippen LogP contribution in [-0.4, -0.2) is 48.0 Å². The van der Waals surface area contributed by atoms with Crippen LogP contribution >= 0.6 is 8.03 Å². The first-order valence-corrected chi connectivity index (χ1v) is 20.4. The Kier molecular flexibility index (Phi) is 12.3. The molecule has 0 aliphatic carbocycles. The summed E-state index contributed by atoms with van der Waals surface area (Å²) in [5.41, 5.74) is 3.72. The van der Waals surface area contributed by atoms with E-state index in [2.05, 4.69) is 46.5 Å². The van der Waals surface area contributed by atoms with E-state index in [0.29, 0.717) is 16.8 Å². The summed E-state index contributed by atoms with van der Waals surface area (Å²) in [7, 11) is -5.89. The molecule has 0 saturated heterocycles. The molecule has 5 rings (SSSR count). The van der Waals surface area contributed by atoms with Crippen molar-refractivity contribution < 1.29 is 27.8 Å². The molecule has 264 valence electrons. The Balaban J connectivity index is 1.43. The number of aliphatic carboxylic acids is 1. The number of nitrogens with zero attached hydrogens (tertiary/aromatic N) is 2. The van der Waals surface area contributed by atoms with Crippen LogP contribution in [0.1, 0.15) is 58.2 Å². The number of carbonyl (C=O) groups is 1. The molecule has 0 bridgehead atoms. The molecule has 0 saturated carbocycles. The lowest BCUT2D eigenvalue weighted by Crippen LogP contribution is -2.68. The number of rotatable bonds is 13. The molecule has 10 heteroatoms. The zero-order valence-corrected chi connectivity index (χ0v) is 31.6. The molecule has 0 spiro atoms. The maximum Gasteiger partial charge on any atom is 0.305 e. The first kappa shape index (κ1) is 37.7. The second-order valence-corrected chi connectivity index (χ2v) is 19.4. The van der Waals surface area contributed by atoms with Crippen LogP contribution in [0, 0.1) is 17.7 Å². The van der Waals surface area contributed by atoms with Crippen molar-refractivity contribution in [3.8, 4) is 28.8 Å². The van der Waals surface area contributed by atoms with Gasteiger partial charge in [-0.2, -0.15) is 5.10 Å². The second kappa shape index (κ2) is 16.6. The predicted molar refractivity (Wildman–Crippen MR) is 204 cm³/mol. The topological polar surface area (TPSA) is 90.7 Å². The van der Waals surface area contributed by atoms with Crippen LogP contribution in [-0.2, 0) is 18.3 Å². The van der Waals surface area contributed by atoms with Gasteiger partial charge in [0.05, 0.1) is 29.5 Å². The fourth-order valence-electron chi connectivity index (χ4n) is 6.44. The Hall–Kier alpha value is -4.58. The van der Waals surface area contributed by atoms with E-state index < -0.39 is 33.5 Å². The molecule has 1 heterocycles. The number of carboxylic acid groups (broad SMARTS) is 1. The minimum atomic E-state index is -3.12. The molecular formula is C41H44FN2O5PSi. The lowest BCUT2D eigenvalue weighted by molar-refractivity contribution is -0.138. The van der Waals surface area contributed by atoms with Crippen molar-refractivity contribution in [2.75, 3.05) is 12.8 Å². The number of para-hydroxylation sites is 1. The van der Waals surface area contributed by atoms with Crippen LogP contribution in [0.25, 0.3) is 16.9 Å². The highest BCUT2D eigenvalue weighted by molar-refractivity contribution is 7.39. The largest absolute Gasteiger partial charge is 0.481 e. The van der Waals surface area contributed by atoms with Crippen molar-refractivity contribution in [3.05, 3.63) is 132 Å². The molecule has 1 unspecified atom stereocenters. The third kappa shape index (κ3) is 8.84. The Bertz CT molecular complexity index is 1960. The molecule has 0 aliphatic heterocycles. The van der Waals surface area contributed by atoms with E-state index in [1.165, 1.54) is 12.1 Å². The van der Waals surface area contributed by atoms with Crippen molar-refractivity contribution in [3.63, 3.8) is 0 Å². The summed E-state index contributed by atoms with van der Waals surface area (Å²) >= 11 is 0. The Morgan fingerprint density at radius 1 is 0.902 bits per heavy atom. The minimum absolute atomic E-state index is 0.0339. The number of halogens is 1. The lowest BCUT2D eigenvalue weighted by Gasteiger charge is -2.45. The van der Waals surface area contributed by atoms with Gasteiger partial charge in [-0.05, 0) is 57.7 Å². The van der Waals surface area contributed by atoms with Crippen molar-refractivity contribution in [2.24, 2.45) is 0 Å². The monoisotopic (exact) mass is 722 g/mol. The van der Waals surface area contributed by atoms with Crippen molar-refractivity contribution in [2.45, 2.75) is 58.1 Å². The molecule has 1 N–H and O–H groups in total. The van der Waals surface area contributed by atoms with Gasteiger partial charge in [-0.15, -0.1) is 0 Å². The number of hydrogen-bond acceptors (Lipinski definition) is 5. The quantitative estimate of drug-likeness (QED) is 0.0752. The van der Waals surface area contributed by atoms with E-state index in [4.69, 9.17) is 14.0 Å². The first-order valence-electron chi connectivity index (χ1n) is 17.0. The summed E-state index contributed by atoms with van der Waals surface area (Å²) in [6, 6.07) is 35.7. The standard InChI is InChI=1S/C41H44FN2O5PSi/c1-30(2)40-37(39(31-23-25-32(42)26-24-31)43-44(40)33-16-9-6-10-17-33)22-15-27-48-50(47)29-34(28-38(45)46)49-51(41(3,4)5,35-18-11-7-12-19-35)36-20-13-8-14-21-36/h6-14,16-21,23-26,30,34,50H,27-29H2,1-5H3,(H,45,46)/t34-/m0/s1. The average molecular weight is 723 g/mol. The summed E-state index contributed by atoms with van der Waals surface area (Å²) in [6.45, 7) is 10.3. The number of hydrogen-bond donors (Lipinski definition) is 1. The average Bonchev–Trinajstić information content (AvgIpc) is 3.49. The van der Waals surface area contributed by atoms with Gasteiger partial charge in [0.1, 0.15) is 18.1 Å². The fraction of sp³-hybridized carbons (Fsp3) is 0.268. The summed E-state index contributed by atoms with van der Waals surface area (Å²) in [6.07, 6.45) is -1.27. The van der Waals surface area contributed by atoms with Crippen LogP contribution in [0.15, 0.2) is 115 Å². The summed E-state index contributed by atoms with van der Waals surface area (Å²) < 4.78 is 42.0. The van der Waals surface area contributed by atoms with Gasteiger partial charge in [0.2, 0.25) is 0 Å². The second-order valence-electron chi connectivity index (χ2n) is 13.7. The van der Waals surface area contributed by atoms with Gasteiger partial charge in [0.15, 0.2) is 8.03 Å². The molecule has 0 amide bonds. The maximum atomic E-state index is 13.9. The van der Waals surface area contributed by atoms with Gasteiger partial charge in [0, 0.05) is 11.7 Å². The van der Waals surface area contributed by atoms with Crippen LogP contribution in [0.2, 0.25) is 5.04 Å². The molecule has 5 aromatic rings. The summed E-state index contributed by atoms with van der Waals surface area (Å²) in [5.74, 6) is 4.88. The predicted octanol–water partition coefficient (Wildman–Crippen LogP) is 8.06. The van der Waals surface area contributed by atoms with Crippen LogP contribution in [0.3, 0.4) is 0 Å². The highest BCUT2D eigenvalue weighted by atomic mass is 31.1. The smallest absolute Gasteiger partial charge is 0.305 e. The maximum absolute atomic E-state index is 13.9. The normalized spacial score (nSPS) is 13.0. The molecule has 4 aromatic carbocycles. The van der Waals surface area contributed by atoms with Gasteiger partial charge in [-0.1, -0.05) is 125 Å². The number of carboxylic acids is 1. The molecular weight excluding hydrogens is 679 g/mol. The fourth-order valence-corrected chi connectivity index (χ4v) is 12.2. The molecule has 0 fully saturated rings. The van der Waals surface area contributed by atoms with Crippen molar-refractivity contribution in [1.82, 2.24) is 9.78 Å². The third-order valence-electron chi connectivity index (χ3n) is 8.66. The van der Waals surface area contributed by atoms with Crippen LogP contribution in [0.5, 0.6) is 0 Å². The lowest BCUT2D eigenvalue weighted by atomic mass is 10.00. The van der Waals surface area contributed by atoms with Gasteiger partial charge in [-0.25, -0.2) is 9.07 Å². The van der Waals surface area contributed by atoms with E-state index in [1.807, 2.05) is 95.7 Å². The van der Waals surface area contributed by atoms with Crippen molar-refractivity contribution in [1.29, 1.82) is 0 Å².